The van der Waals surface area contributed by atoms with E-state index in [0.29, 0.717) is 24.5 Å². The first-order valence-electron chi connectivity index (χ1n) is 6.77. The van der Waals surface area contributed by atoms with Gasteiger partial charge in [-0.1, -0.05) is 0 Å². The van der Waals surface area contributed by atoms with Crippen LogP contribution in [0, 0.1) is 11.7 Å². The molecule has 2 N–H and O–H groups in total. The third kappa shape index (κ3) is 5.30. The number of hydrogen-bond acceptors (Lipinski definition) is 3. The summed E-state index contributed by atoms with van der Waals surface area (Å²) in [5.41, 5.74) is -1.48. The third-order valence-corrected chi connectivity index (χ3v) is 5.02. The lowest BCUT2D eigenvalue weighted by atomic mass is 10.1. The van der Waals surface area contributed by atoms with Gasteiger partial charge in [0.05, 0.1) is 10.5 Å². The van der Waals surface area contributed by atoms with Gasteiger partial charge in [-0.3, -0.25) is 0 Å². The summed E-state index contributed by atoms with van der Waals surface area (Å²) < 4.78 is 76.9. The molecular formula is C13H17ClF4N2O2S. The van der Waals surface area contributed by atoms with E-state index in [9.17, 15) is 26.0 Å². The first kappa shape index (κ1) is 20.1. The summed E-state index contributed by atoms with van der Waals surface area (Å²) in [4.78, 5) is -0.512. The van der Waals surface area contributed by atoms with Gasteiger partial charge in [0.25, 0.3) is 0 Å². The van der Waals surface area contributed by atoms with E-state index in [2.05, 4.69) is 10.0 Å². The van der Waals surface area contributed by atoms with Crippen LogP contribution in [0.25, 0.3) is 0 Å². The first-order chi connectivity index (χ1) is 10.2. The van der Waals surface area contributed by atoms with E-state index in [1.807, 2.05) is 0 Å². The molecule has 0 saturated carbocycles. The van der Waals surface area contributed by atoms with Crippen molar-refractivity contribution in [3.8, 4) is 0 Å². The first-order valence-corrected chi connectivity index (χ1v) is 8.25. The molecular weight excluding hydrogens is 360 g/mol. The standard InChI is InChI=1S/C13H16F4N2O2S.ClH/c14-12-7-10(1-2-11(12)13(15,16)17)22(20,21)19-6-4-9-3-5-18-8-9;/h1-2,7,9,18-19H,3-6,8H2;1H. The fraction of sp³-hybridized carbons (Fsp3) is 0.538. The van der Waals surface area contributed by atoms with E-state index < -0.39 is 32.5 Å². The van der Waals surface area contributed by atoms with Crippen molar-refractivity contribution in [1.82, 2.24) is 10.0 Å². The molecule has 132 valence electrons. The van der Waals surface area contributed by atoms with Crippen molar-refractivity contribution < 1.29 is 26.0 Å². The van der Waals surface area contributed by atoms with Crippen molar-refractivity contribution in [2.24, 2.45) is 5.92 Å². The maximum Gasteiger partial charge on any atom is 0.419 e. The second-order valence-electron chi connectivity index (χ2n) is 5.18. The van der Waals surface area contributed by atoms with Gasteiger partial charge in [-0.2, -0.15) is 13.2 Å². The molecule has 1 aromatic rings. The zero-order valence-electron chi connectivity index (χ0n) is 12.0. The minimum Gasteiger partial charge on any atom is -0.316 e. The lowest BCUT2D eigenvalue weighted by Crippen LogP contribution is -2.27. The van der Waals surface area contributed by atoms with Crippen molar-refractivity contribution in [1.29, 1.82) is 0 Å². The van der Waals surface area contributed by atoms with Gasteiger partial charge in [0, 0.05) is 6.54 Å². The van der Waals surface area contributed by atoms with Crippen LogP contribution >= 0.6 is 12.4 Å². The molecule has 1 aliphatic heterocycles. The predicted octanol–water partition coefficient (Wildman–Crippen LogP) is 2.54. The Bertz CT molecular complexity index is 631. The maximum absolute atomic E-state index is 13.4. The molecule has 1 unspecified atom stereocenters. The van der Waals surface area contributed by atoms with Crippen molar-refractivity contribution in [2.75, 3.05) is 19.6 Å². The van der Waals surface area contributed by atoms with E-state index >= 15 is 0 Å². The molecule has 0 bridgehead atoms. The van der Waals surface area contributed by atoms with E-state index in [1.54, 1.807) is 0 Å². The number of alkyl halides is 3. The largest absolute Gasteiger partial charge is 0.419 e. The molecule has 1 aliphatic rings. The fourth-order valence-electron chi connectivity index (χ4n) is 2.33. The number of halogens is 5. The number of hydrogen-bond donors (Lipinski definition) is 2. The summed E-state index contributed by atoms with van der Waals surface area (Å²) in [5, 5.41) is 3.15. The van der Waals surface area contributed by atoms with Gasteiger partial charge in [-0.15, -0.1) is 12.4 Å². The molecule has 0 radical (unpaired) electrons. The zero-order chi connectivity index (χ0) is 16.4. The van der Waals surface area contributed by atoms with Crippen LogP contribution in [0.15, 0.2) is 23.1 Å². The van der Waals surface area contributed by atoms with Crippen LogP contribution in [-0.4, -0.2) is 28.1 Å². The van der Waals surface area contributed by atoms with Gasteiger partial charge in [-0.05, 0) is 50.0 Å². The molecule has 0 spiro atoms. The maximum atomic E-state index is 13.4. The van der Waals surface area contributed by atoms with Crippen LogP contribution in [0.5, 0.6) is 0 Å². The molecule has 10 heteroatoms. The Balaban J connectivity index is 0.00000264. The molecule has 1 heterocycles. The smallest absolute Gasteiger partial charge is 0.316 e. The average Bonchev–Trinajstić information content (AvgIpc) is 2.90. The molecule has 23 heavy (non-hydrogen) atoms. The monoisotopic (exact) mass is 376 g/mol. The van der Waals surface area contributed by atoms with Crippen LogP contribution < -0.4 is 10.0 Å². The van der Waals surface area contributed by atoms with Crippen LogP contribution in [0.2, 0.25) is 0 Å². The van der Waals surface area contributed by atoms with Crippen molar-refractivity contribution in [3.05, 3.63) is 29.6 Å². The summed E-state index contributed by atoms with van der Waals surface area (Å²) >= 11 is 0. The highest BCUT2D eigenvalue weighted by Gasteiger charge is 2.34. The number of rotatable bonds is 5. The van der Waals surface area contributed by atoms with E-state index in [4.69, 9.17) is 0 Å². The van der Waals surface area contributed by atoms with Gasteiger partial charge in [-0.25, -0.2) is 17.5 Å². The van der Waals surface area contributed by atoms with Crippen molar-refractivity contribution >= 4 is 22.4 Å². The van der Waals surface area contributed by atoms with Crippen LogP contribution in [0.1, 0.15) is 18.4 Å². The second-order valence-corrected chi connectivity index (χ2v) is 6.95. The summed E-state index contributed by atoms with van der Waals surface area (Å²) in [6.45, 7) is 1.87. The molecule has 0 amide bonds. The molecule has 1 atom stereocenters. The Morgan fingerprint density at radius 1 is 1.30 bits per heavy atom. The average molecular weight is 377 g/mol. The van der Waals surface area contributed by atoms with Gasteiger partial charge in [0.15, 0.2) is 0 Å². The van der Waals surface area contributed by atoms with E-state index in [0.717, 1.165) is 25.6 Å². The molecule has 0 aromatic heterocycles. The fourth-order valence-corrected chi connectivity index (χ4v) is 3.39. The summed E-state index contributed by atoms with van der Waals surface area (Å²) in [7, 11) is -4.01. The van der Waals surface area contributed by atoms with Crippen molar-refractivity contribution in [2.45, 2.75) is 23.9 Å². The van der Waals surface area contributed by atoms with Gasteiger partial charge >= 0.3 is 6.18 Å². The highest BCUT2D eigenvalue weighted by atomic mass is 35.5. The quantitative estimate of drug-likeness (QED) is 0.776. The molecule has 2 rings (SSSR count). The molecule has 0 aliphatic carbocycles. The zero-order valence-corrected chi connectivity index (χ0v) is 13.6. The Labute approximate surface area is 138 Å². The minimum atomic E-state index is -4.85. The Kier molecular flexibility index (Phi) is 6.81. The van der Waals surface area contributed by atoms with Crippen molar-refractivity contribution in [3.63, 3.8) is 0 Å². The summed E-state index contributed by atoms with van der Waals surface area (Å²) in [6, 6.07) is 1.58. The third-order valence-electron chi connectivity index (χ3n) is 3.56. The number of nitrogens with one attached hydrogen (secondary N) is 2. The topological polar surface area (TPSA) is 58.2 Å². The predicted molar refractivity (Wildman–Crippen MR) is 79.4 cm³/mol. The van der Waals surface area contributed by atoms with E-state index in [1.165, 1.54) is 0 Å². The molecule has 1 saturated heterocycles. The minimum absolute atomic E-state index is 0. The Morgan fingerprint density at radius 2 is 2.00 bits per heavy atom. The normalized spacial score (nSPS) is 18.7. The summed E-state index contributed by atoms with van der Waals surface area (Å²) in [5.74, 6) is -1.23. The molecule has 4 nitrogen and oxygen atoms in total. The number of benzene rings is 1. The lowest BCUT2D eigenvalue weighted by Gasteiger charge is -2.12. The second kappa shape index (κ2) is 7.78. The molecule has 1 aromatic carbocycles. The Hall–Kier alpha value is -0.900. The summed E-state index contributed by atoms with van der Waals surface area (Å²) in [6.07, 6.45) is -3.28. The highest BCUT2D eigenvalue weighted by molar-refractivity contribution is 7.89. The highest BCUT2D eigenvalue weighted by Crippen LogP contribution is 2.32. The van der Waals surface area contributed by atoms with Gasteiger partial charge in [0.2, 0.25) is 10.0 Å². The van der Waals surface area contributed by atoms with Crippen LogP contribution in [0.3, 0.4) is 0 Å². The van der Waals surface area contributed by atoms with Crippen LogP contribution in [0.4, 0.5) is 17.6 Å². The molecule has 1 fully saturated rings. The van der Waals surface area contributed by atoms with Crippen LogP contribution in [-0.2, 0) is 16.2 Å². The van der Waals surface area contributed by atoms with Gasteiger partial charge in [0.1, 0.15) is 5.82 Å². The number of sulfonamides is 1. The lowest BCUT2D eigenvalue weighted by molar-refractivity contribution is -0.140. The van der Waals surface area contributed by atoms with E-state index in [-0.39, 0.29) is 19.0 Å². The Morgan fingerprint density at radius 3 is 2.52 bits per heavy atom. The van der Waals surface area contributed by atoms with Gasteiger partial charge < -0.3 is 5.32 Å². The SMILES string of the molecule is Cl.O=S(=O)(NCCC1CCNC1)c1ccc(C(F)(F)F)c(F)c1.